The van der Waals surface area contributed by atoms with Crippen LogP contribution in [0.4, 0.5) is 16.0 Å². The summed E-state index contributed by atoms with van der Waals surface area (Å²) in [5.74, 6) is -0.782. The summed E-state index contributed by atoms with van der Waals surface area (Å²) in [5, 5.41) is 14.1. The molecule has 2 N–H and O–H groups in total. The molecule has 0 aliphatic carbocycles. The summed E-state index contributed by atoms with van der Waals surface area (Å²) in [6.45, 7) is 0. The van der Waals surface area contributed by atoms with Crippen molar-refractivity contribution in [2.45, 2.75) is 0 Å². The van der Waals surface area contributed by atoms with Gasteiger partial charge in [-0.2, -0.15) is 0 Å². The zero-order valence-electron chi connectivity index (χ0n) is 7.88. The molecule has 0 saturated carbocycles. The number of nitrogen functional groups attached to an aromatic ring is 1. The molecule has 6 nitrogen and oxygen atoms in total. The Morgan fingerprint density at radius 1 is 1.50 bits per heavy atom. The van der Waals surface area contributed by atoms with Crippen LogP contribution in [0.2, 0.25) is 0 Å². The normalized spacial score (nSPS) is 10.3. The first kappa shape index (κ1) is 10.1. The maximum absolute atomic E-state index is 13.5. The lowest BCUT2D eigenvalue weighted by Crippen LogP contribution is -1.94. The van der Waals surface area contributed by atoms with Crippen LogP contribution in [0.5, 0.6) is 0 Å². The number of hydrogen-bond acceptors (Lipinski definition) is 5. The number of anilines is 1. The Bertz CT molecular complexity index is 553. The van der Waals surface area contributed by atoms with E-state index in [0.29, 0.717) is 0 Å². The molecule has 0 aliphatic heterocycles. The molecule has 0 bridgehead atoms. The maximum atomic E-state index is 13.5. The van der Waals surface area contributed by atoms with Crippen LogP contribution in [-0.2, 0) is 0 Å². The van der Waals surface area contributed by atoms with Crippen molar-refractivity contribution in [2.75, 3.05) is 5.73 Å². The number of aromatic nitrogens is 1. The van der Waals surface area contributed by atoms with Gasteiger partial charge in [-0.05, 0) is 6.07 Å². The molecule has 0 unspecified atom stereocenters. The van der Waals surface area contributed by atoms with Crippen molar-refractivity contribution >= 4 is 11.6 Å². The number of nitro benzene ring substituents is 1. The summed E-state index contributed by atoms with van der Waals surface area (Å²) in [6, 6.07) is 4.77. The van der Waals surface area contributed by atoms with Crippen molar-refractivity contribution in [1.29, 1.82) is 0 Å². The van der Waals surface area contributed by atoms with Crippen molar-refractivity contribution in [1.82, 2.24) is 5.16 Å². The van der Waals surface area contributed by atoms with E-state index < -0.39 is 10.7 Å². The zero-order valence-corrected chi connectivity index (χ0v) is 7.88. The molecule has 0 fully saturated rings. The lowest BCUT2D eigenvalue weighted by Gasteiger charge is -1.99. The standard InChI is InChI=1S/C9H6FN3O3/c10-5-2-1-3-7(13(14)15)9(5)6-4-8(11)16-12-6/h1-4H,11H2. The predicted molar refractivity (Wildman–Crippen MR) is 53.0 cm³/mol. The van der Waals surface area contributed by atoms with Crippen LogP contribution in [-0.4, -0.2) is 10.1 Å². The van der Waals surface area contributed by atoms with Gasteiger partial charge in [0.15, 0.2) is 0 Å². The number of nitro groups is 1. The van der Waals surface area contributed by atoms with Crippen molar-refractivity contribution in [3.05, 3.63) is 40.2 Å². The minimum Gasteiger partial charge on any atom is -0.368 e. The summed E-state index contributed by atoms with van der Waals surface area (Å²) < 4.78 is 18.0. The van der Waals surface area contributed by atoms with E-state index in [4.69, 9.17) is 5.73 Å². The van der Waals surface area contributed by atoms with Gasteiger partial charge >= 0.3 is 0 Å². The molecular formula is C9H6FN3O3. The van der Waals surface area contributed by atoms with Crippen molar-refractivity contribution in [3.8, 4) is 11.3 Å². The van der Waals surface area contributed by atoms with Gasteiger partial charge in [-0.25, -0.2) is 4.39 Å². The number of hydrogen-bond donors (Lipinski definition) is 1. The molecule has 0 radical (unpaired) electrons. The van der Waals surface area contributed by atoms with E-state index in [2.05, 4.69) is 9.68 Å². The summed E-state index contributed by atoms with van der Waals surface area (Å²) in [4.78, 5) is 10.0. The Labute approximate surface area is 88.6 Å². The third-order valence-electron chi connectivity index (χ3n) is 1.97. The van der Waals surface area contributed by atoms with Gasteiger partial charge in [0.25, 0.3) is 5.69 Å². The van der Waals surface area contributed by atoms with Gasteiger partial charge in [0.2, 0.25) is 5.88 Å². The Kier molecular flexibility index (Phi) is 2.28. The van der Waals surface area contributed by atoms with Crippen LogP contribution >= 0.6 is 0 Å². The second kappa shape index (κ2) is 3.61. The highest BCUT2D eigenvalue weighted by atomic mass is 19.1. The van der Waals surface area contributed by atoms with Crippen molar-refractivity contribution in [3.63, 3.8) is 0 Å². The number of nitrogens with zero attached hydrogens (tertiary/aromatic N) is 2. The van der Waals surface area contributed by atoms with E-state index in [1.54, 1.807) is 0 Å². The summed E-state index contributed by atoms with van der Waals surface area (Å²) in [6.07, 6.45) is 0. The molecule has 7 heteroatoms. The van der Waals surface area contributed by atoms with Gasteiger partial charge < -0.3 is 10.3 Å². The van der Waals surface area contributed by atoms with E-state index in [0.717, 1.165) is 6.07 Å². The molecule has 1 aromatic carbocycles. The van der Waals surface area contributed by atoms with Gasteiger partial charge in [-0.15, -0.1) is 0 Å². The Morgan fingerprint density at radius 2 is 2.25 bits per heavy atom. The fourth-order valence-electron chi connectivity index (χ4n) is 1.33. The van der Waals surface area contributed by atoms with Gasteiger partial charge in [-0.1, -0.05) is 11.2 Å². The highest BCUT2D eigenvalue weighted by Crippen LogP contribution is 2.32. The molecule has 82 valence electrons. The fourth-order valence-corrected chi connectivity index (χ4v) is 1.33. The van der Waals surface area contributed by atoms with Crippen LogP contribution in [0.1, 0.15) is 0 Å². The summed E-state index contributed by atoms with van der Waals surface area (Å²) >= 11 is 0. The predicted octanol–water partition coefficient (Wildman–Crippen LogP) is 1.97. The van der Waals surface area contributed by atoms with E-state index in [1.807, 2.05) is 0 Å². The molecule has 2 aromatic rings. The molecule has 0 amide bonds. The Hall–Kier alpha value is -2.44. The van der Waals surface area contributed by atoms with Crippen LogP contribution in [0.15, 0.2) is 28.8 Å². The molecule has 0 aliphatic rings. The third kappa shape index (κ3) is 1.58. The summed E-state index contributed by atoms with van der Waals surface area (Å²) in [7, 11) is 0. The number of halogens is 1. The SMILES string of the molecule is Nc1cc(-c2c(F)cccc2[N+](=O)[O-])no1. The highest BCUT2D eigenvalue weighted by molar-refractivity contribution is 5.72. The second-order valence-corrected chi connectivity index (χ2v) is 3.01. The Balaban J connectivity index is 2.67. The topological polar surface area (TPSA) is 95.2 Å². The third-order valence-corrected chi connectivity index (χ3v) is 1.97. The smallest absolute Gasteiger partial charge is 0.281 e. The summed E-state index contributed by atoms with van der Waals surface area (Å²) in [5.41, 5.74) is 4.66. The number of rotatable bonds is 2. The molecule has 1 aromatic heterocycles. The second-order valence-electron chi connectivity index (χ2n) is 3.01. The van der Waals surface area contributed by atoms with Crippen LogP contribution < -0.4 is 5.73 Å². The number of benzene rings is 1. The minimum absolute atomic E-state index is 0.00213. The monoisotopic (exact) mass is 223 g/mol. The average Bonchev–Trinajstić information content (AvgIpc) is 2.64. The van der Waals surface area contributed by atoms with E-state index in [-0.39, 0.29) is 22.8 Å². The van der Waals surface area contributed by atoms with Crippen LogP contribution in [0.25, 0.3) is 11.3 Å². The first-order valence-electron chi connectivity index (χ1n) is 4.25. The maximum Gasteiger partial charge on any atom is 0.281 e. The van der Waals surface area contributed by atoms with Crippen molar-refractivity contribution < 1.29 is 13.8 Å². The molecule has 2 rings (SSSR count). The first-order chi connectivity index (χ1) is 7.59. The van der Waals surface area contributed by atoms with E-state index in [9.17, 15) is 14.5 Å². The molecule has 0 saturated heterocycles. The molecule has 0 spiro atoms. The molecular weight excluding hydrogens is 217 g/mol. The lowest BCUT2D eigenvalue weighted by atomic mass is 10.1. The average molecular weight is 223 g/mol. The van der Waals surface area contributed by atoms with Gasteiger partial charge in [0, 0.05) is 12.1 Å². The lowest BCUT2D eigenvalue weighted by molar-refractivity contribution is -0.384. The van der Waals surface area contributed by atoms with E-state index in [1.165, 1.54) is 18.2 Å². The molecule has 0 atom stereocenters. The highest BCUT2D eigenvalue weighted by Gasteiger charge is 2.22. The van der Waals surface area contributed by atoms with Crippen molar-refractivity contribution in [2.24, 2.45) is 0 Å². The van der Waals surface area contributed by atoms with E-state index >= 15 is 0 Å². The van der Waals surface area contributed by atoms with Crippen LogP contribution in [0.3, 0.4) is 0 Å². The van der Waals surface area contributed by atoms with Gasteiger partial charge in [0.1, 0.15) is 17.1 Å². The first-order valence-corrected chi connectivity index (χ1v) is 4.25. The quantitative estimate of drug-likeness (QED) is 0.620. The van der Waals surface area contributed by atoms with Crippen LogP contribution in [0, 0.1) is 15.9 Å². The Morgan fingerprint density at radius 3 is 2.81 bits per heavy atom. The van der Waals surface area contributed by atoms with Gasteiger partial charge in [0.05, 0.1) is 4.92 Å². The molecule has 16 heavy (non-hydrogen) atoms. The minimum atomic E-state index is -0.748. The van der Waals surface area contributed by atoms with Gasteiger partial charge in [-0.3, -0.25) is 10.1 Å². The fraction of sp³-hybridized carbons (Fsp3) is 0. The molecule has 1 heterocycles. The zero-order chi connectivity index (χ0) is 11.7. The number of nitrogens with two attached hydrogens (primary N) is 1. The largest absolute Gasteiger partial charge is 0.368 e.